The lowest BCUT2D eigenvalue weighted by Crippen LogP contribution is -2.28. The Morgan fingerprint density at radius 1 is 1.19 bits per heavy atom. The van der Waals surface area contributed by atoms with Crippen LogP contribution in [0.2, 0.25) is 0 Å². The Bertz CT molecular complexity index is 586. The molecule has 21 heavy (non-hydrogen) atoms. The van der Waals surface area contributed by atoms with Crippen molar-refractivity contribution in [1.29, 1.82) is 0 Å². The molecule has 2 heterocycles. The van der Waals surface area contributed by atoms with E-state index in [9.17, 15) is 0 Å². The summed E-state index contributed by atoms with van der Waals surface area (Å²) in [4.78, 5) is 7.14. The van der Waals surface area contributed by atoms with Gasteiger partial charge < -0.3 is 9.47 Å². The Morgan fingerprint density at radius 3 is 2.52 bits per heavy atom. The maximum absolute atomic E-state index is 6.09. The van der Waals surface area contributed by atoms with Crippen LogP contribution in [0.25, 0.3) is 11.2 Å². The van der Waals surface area contributed by atoms with E-state index in [1.807, 2.05) is 11.6 Å². The lowest BCUT2D eigenvalue weighted by Gasteiger charge is -2.20. The molecule has 0 saturated heterocycles. The molecular formula is C15H26ClN5. The minimum absolute atomic E-state index is 0.442. The van der Waals surface area contributed by atoms with Crippen molar-refractivity contribution in [3.8, 4) is 0 Å². The SMILES string of the molecule is CCCN(CC)CCn1c(CCl)nc2c(C)nn(CC)c21. The molecule has 0 aliphatic carbocycles. The van der Waals surface area contributed by atoms with E-state index in [0.29, 0.717) is 5.88 Å². The average Bonchev–Trinajstić information content (AvgIpc) is 3.01. The Balaban J connectivity index is 2.32. The van der Waals surface area contributed by atoms with Crippen molar-refractivity contribution in [3.63, 3.8) is 0 Å². The van der Waals surface area contributed by atoms with E-state index in [4.69, 9.17) is 11.6 Å². The summed E-state index contributed by atoms with van der Waals surface area (Å²) >= 11 is 6.09. The van der Waals surface area contributed by atoms with Gasteiger partial charge in [-0.05, 0) is 33.4 Å². The number of hydrogen-bond donors (Lipinski definition) is 0. The number of likely N-dealkylation sites (N-methyl/N-ethyl adjacent to an activating group) is 1. The Morgan fingerprint density at radius 2 is 1.95 bits per heavy atom. The van der Waals surface area contributed by atoms with Crippen molar-refractivity contribution in [2.24, 2.45) is 0 Å². The first-order valence-corrected chi connectivity index (χ1v) is 8.40. The van der Waals surface area contributed by atoms with Crippen LogP contribution in [-0.4, -0.2) is 43.9 Å². The van der Waals surface area contributed by atoms with Crippen LogP contribution in [0.15, 0.2) is 0 Å². The number of rotatable bonds is 8. The number of nitrogens with zero attached hydrogens (tertiary/aromatic N) is 5. The maximum atomic E-state index is 6.09. The summed E-state index contributed by atoms with van der Waals surface area (Å²) in [5.41, 5.74) is 3.09. The van der Waals surface area contributed by atoms with E-state index in [0.717, 1.165) is 55.4 Å². The van der Waals surface area contributed by atoms with E-state index in [1.54, 1.807) is 0 Å². The Hall–Kier alpha value is -1.07. The summed E-state index contributed by atoms with van der Waals surface area (Å²) in [5.74, 6) is 1.39. The second kappa shape index (κ2) is 7.27. The van der Waals surface area contributed by atoms with Crippen LogP contribution in [0.4, 0.5) is 0 Å². The van der Waals surface area contributed by atoms with Crippen molar-refractivity contribution in [2.45, 2.75) is 53.1 Å². The molecule has 0 amide bonds. The highest BCUT2D eigenvalue weighted by Crippen LogP contribution is 2.21. The molecule has 118 valence electrons. The fourth-order valence-electron chi connectivity index (χ4n) is 2.81. The van der Waals surface area contributed by atoms with Gasteiger partial charge in [0.25, 0.3) is 0 Å². The zero-order valence-corrected chi connectivity index (χ0v) is 14.3. The normalized spacial score (nSPS) is 11.9. The van der Waals surface area contributed by atoms with Gasteiger partial charge in [-0.1, -0.05) is 13.8 Å². The highest BCUT2D eigenvalue weighted by atomic mass is 35.5. The third-order valence-electron chi connectivity index (χ3n) is 3.92. The molecule has 0 N–H and O–H groups in total. The summed E-state index contributed by atoms with van der Waals surface area (Å²) < 4.78 is 4.27. The number of aryl methyl sites for hydroxylation is 2. The second-order valence-electron chi connectivity index (χ2n) is 5.32. The molecule has 0 bridgehead atoms. The van der Waals surface area contributed by atoms with E-state index in [-0.39, 0.29) is 0 Å². The highest BCUT2D eigenvalue weighted by molar-refractivity contribution is 6.16. The molecule has 0 unspecified atom stereocenters. The van der Waals surface area contributed by atoms with Crippen LogP contribution in [0, 0.1) is 6.92 Å². The summed E-state index contributed by atoms with van der Waals surface area (Å²) in [7, 11) is 0. The van der Waals surface area contributed by atoms with Crippen LogP contribution in [0.3, 0.4) is 0 Å². The molecule has 0 spiro atoms. The molecule has 6 heteroatoms. The van der Waals surface area contributed by atoms with Gasteiger partial charge in [0.05, 0.1) is 11.6 Å². The van der Waals surface area contributed by atoms with Gasteiger partial charge in [-0.15, -0.1) is 11.6 Å². The van der Waals surface area contributed by atoms with Gasteiger partial charge in [0.15, 0.2) is 5.65 Å². The summed E-state index contributed by atoms with van der Waals surface area (Å²) in [6.45, 7) is 13.6. The fourth-order valence-corrected chi connectivity index (χ4v) is 3.02. The minimum Gasteiger partial charge on any atom is -0.311 e. The lowest BCUT2D eigenvalue weighted by molar-refractivity contribution is 0.276. The van der Waals surface area contributed by atoms with Crippen molar-refractivity contribution in [3.05, 3.63) is 11.5 Å². The molecule has 0 aliphatic heterocycles. The molecule has 5 nitrogen and oxygen atoms in total. The van der Waals surface area contributed by atoms with Gasteiger partial charge in [-0.2, -0.15) is 5.10 Å². The molecule has 2 aromatic heterocycles. The lowest BCUT2D eigenvalue weighted by atomic mass is 10.4. The number of hydrogen-bond acceptors (Lipinski definition) is 3. The van der Waals surface area contributed by atoms with Crippen molar-refractivity contribution in [2.75, 3.05) is 19.6 Å². The van der Waals surface area contributed by atoms with Gasteiger partial charge in [-0.3, -0.25) is 0 Å². The van der Waals surface area contributed by atoms with Crippen LogP contribution < -0.4 is 0 Å². The molecule has 0 aromatic carbocycles. The maximum Gasteiger partial charge on any atom is 0.158 e. The third-order valence-corrected chi connectivity index (χ3v) is 4.16. The van der Waals surface area contributed by atoms with Gasteiger partial charge in [0, 0.05) is 19.6 Å². The third kappa shape index (κ3) is 3.24. The van der Waals surface area contributed by atoms with Crippen molar-refractivity contribution >= 4 is 22.8 Å². The van der Waals surface area contributed by atoms with Gasteiger partial charge in [0.1, 0.15) is 11.3 Å². The fraction of sp³-hybridized carbons (Fsp3) is 0.733. The average molecular weight is 312 g/mol. The van der Waals surface area contributed by atoms with Crippen LogP contribution in [-0.2, 0) is 19.0 Å². The first-order chi connectivity index (χ1) is 10.2. The van der Waals surface area contributed by atoms with E-state index >= 15 is 0 Å². The summed E-state index contributed by atoms with van der Waals surface area (Å²) in [6.07, 6.45) is 1.18. The van der Waals surface area contributed by atoms with E-state index in [1.165, 1.54) is 6.42 Å². The minimum atomic E-state index is 0.442. The zero-order chi connectivity index (χ0) is 15.4. The number of imidazole rings is 1. The molecule has 2 aromatic rings. The molecule has 0 radical (unpaired) electrons. The van der Waals surface area contributed by atoms with Gasteiger partial charge in [0.2, 0.25) is 0 Å². The highest BCUT2D eigenvalue weighted by Gasteiger charge is 2.17. The monoisotopic (exact) mass is 311 g/mol. The number of halogens is 1. The first kappa shape index (κ1) is 16.3. The molecule has 0 saturated carbocycles. The van der Waals surface area contributed by atoms with Crippen molar-refractivity contribution in [1.82, 2.24) is 24.2 Å². The van der Waals surface area contributed by atoms with E-state index in [2.05, 4.69) is 40.3 Å². The van der Waals surface area contributed by atoms with E-state index < -0.39 is 0 Å². The first-order valence-electron chi connectivity index (χ1n) is 7.86. The van der Waals surface area contributed by atoms with Crippen molar-refractivity contribution < 1.29 is 0 Å². The molecule has 2 rings (SSSR count). The molecule has 0 aliphatic rings. The van der Waals surface area contributed by atoms with Crippen LogP contribution in [0.5, 0.6) is 0 Å². The summed E-state index contributed by atoms with van der Waals surface area (Å²) in [6, 6.07) is 0. The molecular weight excluding hydrogens is 286 g/mol. The number of fused-ring (bicyclic) bond motifs is 1. The Labute approximate surface area is 131 Å². The molecule has 0 atom stereocenters. The number of alkyl halides is 1. The quantitative estimate of drug-likeness (QED) is 0.703. The van der Waals surface area contributed by atoms with Crippen LogP contribution in [0.1, 0.15) is 38.7 Å². The topological polar surface area (TPSA) is 38.9 Å². The standard InChI is InChI=1S/C15H26ClN5/c1-5-8-19(6-2)9-10-20-13(11-16)17-14-12(4)18-21(7-3)15(14)20/h5-11H2,1-4H3. The second-order valence-corrected chi connectivity index (χ2v) is 5.59. The predicted octanol–water partition coefficient (Wildman–Crippen LogP) is 3.03. The largest absolute Gasteiger partial charge is 0.311 e. The summed E-state index contributed by atoms with van der Waals surface area (Å²) in [5, 5.41) is 4.56. The zero-order valence-electron chi connectivity index (χ0n) is 13.6. The predicted molar refractivity (Wildman–Crippen MR) is 87.9 cm³/mol. The smallest absolute Gasteiger partial charge is 0.158 e. The molecule has 0 fully saturated rings. The van der Waals surface area contributed by atoms with Crippen LogP contribution >= 0.6 is 11.6 Å². The van der Waals surface area contributed by atoms with Gasteiger partial charge >= 0.3 is 0 Å². The number of aromatic nitrogens is 4. The van der Waals surface area contributed by atoms with Gasteiger partial charge in [-0.25, -0.2) is 9.67 Å². The Kier molecular flexibility index (Phi) is 5.65.